The molecule has 0 radical (unpaired) electrons. The number of nitrogens with one attached hydrogen (secondary N) is 1. The highest BCUT2D eigenvalue weighted by molar-refractivity contribution is 7.99. The topological polar surface area (TPSA) is 71.5 Å². The van der Waals surface area contributed by atoms with Crippen LogP contribution in [0.15, 0.2) is 16.5 Å². The first kappa shape index (κ1) is 11.5. The Labute approximate surface area is 98.3 Å². The molecule has 1 saturated heterocycles. The predicted octanol–water partition coefficient (Wildman–Crippen LogP) is 0.432. The molecule has 1 aliphatic heterocycles. The van der Waals surface area contributed by atoms with Gasteiger partial charge >= 0.3 is 5.91 Å². The van der Waals surface area contributed by atoms with Gasteiger partial charge in [-0.1, -0.05) is 0 Å². The second-order valence-electron chi connectivity index (χ2n) is 3.63. The molecule has 88 valence electrons. The molecule has 1 amide bonds. The number of carbonyl (C=O) groups is 1. The van der Waals surface area contributed by atoms with E-state index in [-0.39, 0.29) is 11.7 Å². The number of nitrogens with zero attached hydrogens (tertiary/aromatic N) is 1. The fourth-order valence-electron chi connectivity index (χ4n) is 1.64. The number of furan rings is 1. The Morgan fingerprint density at radius 1 is 1.50 bits per heavy atom. The van der Waals surface area contributed by atoms with Crippen molar-refractivity contribution >= 4 is 17.7 Å². The molecule has 0 spiro atoms. The van der Waals surface area contributed by atoms with Gasteiger partial charge in [-0.15, -0.1) is 0 Å². The number of rotatable bonds is 3. The second kappa shape index (κ2) is 5.38. The van der Waals surface area contributed by atoms with E-state index in [4.69, 9.17) is 10.3 Å². The number of hydrazine groups is 1. The van der Waals surface area contributed by atoms with E-state index in [1.807, 2.05) is 23.3 Å². The summed E-state index contributed by atoms with van der Waals surface area (Å²) in [5.74, 6) is 8.04. The van der Waals surface area contributed by atoms with Gasteiger partial charge in [-0.25, -0.2) is 5.84 Å². The van der Waals surface area contributed by atoms with Crippen LogP contribution < -0.4 is 11.3 Å². The first-order valence-electron chi connectivity index (χ1n) is 5.19. The van der Waals surface area contributed by atoms with Gasteiger partial charge in [0.25, 0.3) is 0 Å². The summed E-state index contributed by atoms with van der Waals surface area (Å²) < 4.78 is 5.40. The minimum Gasteiger partial charge on any atom is -0.455 e. The molecular formula is C10H15N3O2S. The SMILES string of the molecule is NNC(=O)c1ccc(CN2CCSCC2)o1. The third-order valence-corrected chi connectivity index (χ3v) is 3.44. The average molecular weight is 241 g/mol. The van der Waals surface area contributed by atoms with Crippen LogP contribution in [0.5, 0.6) is 0 Å². The zero-order valence-corrected chi connectivity index (χ0v) is 9.76. The van der Waals surface area contributed by atoms with Crippen LogP contribution in [-0.2, 0) is 6.54 Å². The summed E-state index contributed by atoms with van der Waals surface area (Å²) in [6.07, 6.45) is 0. The van der Waals surface area contributed by atoms with Gasteiger partial charge in [0.1, 0.15) is 5.76 Å². The van der Waals surface area contributed by atoms with E-state index in [0.717, 1.165) is 36.9 Å². The fourth-order valence-corrected chi connectivity index (χ4v) is 2.61. The smallest absolute Gasteiger partial charge is 0.300 e. The molecule has 0 atom stereocenters. The predicted molar refractivity (Wildman–Crippen MR) is 63.0 cm³/mol. The number of amides is 1. The molecule has 1 aromatic heterocycles. The molecular weight excluding hydrogens is 226 g/mol. The van der Waals surface area contributed by atoms with Gasteiger partial charge in [0.15, 0.2) is 5.76 Å². The molecule has 1 aliphatic rings. The number of thioether (sulfide) groups is 1. The van der Waals surface area contributed by atoms with Crippen molar-refractivity contribution in [3.8, 4) is 0 Å². The Kier molecular flexibility index (Phi) is 3.87. The van der Waals surface area contributed by atoms with Crippen molar-refractivity contribution in [2.75, 3.05) is 24.6 Å². The molecule has 2 heterocycles. The first-order valence-corrected chi connectivity index (χ1v) is 6.35. The van der Waals surface area contributed by atoms with Gasteiger partial charge in [0, 0.05) is 24.6 Å². The van der Waals surface area contributed by atoms with Crippen LogP contribution in [0.4, 0.5) is 0 Å². The third-order valence-electron chi connectivity index (χ3n) is 2.50. The molecule has 0 unspecified atom stereocenters. The van der Waals surface area contributed by atoms with Gasteiger partial charge in [0.2, 0.25) is 0 Å². The van der Waals surface area contributed by atoms with Crippen LogP contribution in [-0.4, -0.2) is 35.4 Å². The molecule has 0 bridgehead atoms. The molecule has 6 heteroatoms. The first-order chi connectivity index (χ1) is 7.79. The van der Waals surface area contributed by atoms with Crippen molar-refractivity contribution in [2.24, 2.45) is 5.84 Å². The standard InChI is InChI=1S/C10H15N3O2S/c11-12-10(14)9-2-1-8(15-9)7-13-3-5-16-6-4-13/h1-2H,3-7,11H2,(H,12,14). The number of nitrogens with two attached hydrogens (primary N) is 1. The van der Waals surface area contributed by atoms with Crippen molar-refractivity contribution < 1.29 is 9.21 Å². The number of carbonyl (C=O) groups excluding carboxylic acids is 1. The highest BCUT2D eigenvalue weighted by Crippen LogP contribution is 2.14. The number of hydrogen-bond donors (Lipinski definition) is 2. The normalized spacial score (nSPS) is 17.3. The summed E-state index contributed by atoms with van der Waals surface area (Å²) in [7, 11) is 0. The minimum atomic E-state index is -0.388. The Bertz CT molecular complexity index is 361. The Hall–Kier alpha value is -0.980. The molecule has 0 aliphatic carbocycles. The van der Waals surface area contributed by atoms with E-state index in [1.165, 1.54) is 0 Å². The van der Waals surface area contributed by atoms with Gasteiger partial charge in [-0.3, -0.25) is 15.1 Å². The largest absolute Gasteiger partial charge is 0.455 e. The van der Waals surface area contributed by atoms with E-state index >= 15 is 0 Å². The van der Waals surface area contributed by atoms with Gasteiger partial charge < -0.3 is 4.42 Å². The summed E-state index contributed by atoms with van der Waals surface area (Å²) in [4.78, 5) is 13.5. The second-order valence-corrected chi connectivity index (χ2v) is 4.85. The molecule has 16 heavy (non-hydrogen) atoms. The van der Waals surface area contributed by atoms with E-state index in [1.54, 1.807) is 6.07 Å². The average Bonchev–Trinajstić information content (AvgIpc) is 2.78. The monoisotopic (exact) mass is 241 g/mol. The Morgan fingerprint density at radius 2 is 2.25 bits per heavy atom. The van der Waals surface area contributed by atoms with Crippen LogP contribution in [0.1, 0.15) is 16.3 Å². The van der Waals surface area contributed by atoms with E-state index in [2.05, 4.69) is 4.90 Å². The summed E-state index contributed by atoms with van der Waals surface area (Å²) in [6, 6.07) is 3.47. The lowest BCUT2D eigenvalue weighted by atomic mass is 10.3. The minimum absolute atomic E-state index is 0.267. The van der Waals surface area contributed by atoms with E-state index in [9.17, 15) is 4.79 Å². The van der Waals surface area contributed by atoms with Crippen molar-refractivity contribution in [2.45, 2.75) is 6.54 Å². The van der Waals surface area contributed by atoms with Crippen LogP contribution in [0.3, 0.4) is 0 Å². The summed E-state index contributed by atoms with van der Waals surface area (Å²) in [6.45, 7) is 2.91. The van der Waals surface area contributed by atoms with Gasteiger partial charge in [-0.2, -0.15) is 11.8 Å². The molecule has 0 aromatic carbocycles. The van der Waals surface area contributed by atoms with Crippen LogP contribution >= 0.6 is 11.8 Å². The lowest BCUT2D eigenvalue weighted by molar-refractivity contribution is 0.0922. The van der Waals surface area contributed by atoms with Crippen molar-refractivity contribution in [3.05, 3.63) is 23.7 Å². The highest BCUT2D eigenvalue weighted by Gasteiger charge is 2.14. The van der Waals surface area contributed by atoms with E-state index < -0.39 is 0 Å². The molecule has 1 aromatic rings. The quantitative estimate of drug-likeness (QED) is 0.456. The maximum atomic E-state index is 11.2. The zero-order chi connectivity index (χ0) is 11.4. The van der Waals surface area contributed by atoms with Crippen LogP contribution in [0.2, 0.25) is 0 Å². The summed E-state index contributed by atoms with van der Waals surface area (Å²) in [5, 5.41) is 0. The lowest BCUT2D eigenvalue weighted by Gasteiger charge is -2.24. The molecule has 1 fully saturated rings. The fraction of sp³-hybridized carbons (Fsp3) is 0.500. The number of nitrogen functional groups attached to an aromatic ring is 1. The summed E-state index contributed by atoms with van der Waals surface area (Å²) >= 11 is 1.97. The van der Waals surface area contributed by atoms with E-state index in [0.29, 0.717) is 0 Å². The molecule has 2 rings (SSSR count). The van der Waals surface area contributed by atoms with Crippen molar-refractivity contribution in [3.63, 3.8) is 0 Å². The Balaban J connectivity index is 1.94. The highest BCUT2D eigenvalue weighted by atomic mass is 32.2. The maximum Gasteiger partial charge on any atom is 0.300 e. The van der Waals surface area contributed by atoms with Crippen molar-refractivity contribution in [1.29, 1.82) is 0 Å². The lowest BCUT2D eigenvalue weighted by Crippen LogP contribution is -2.32. The third kappa shape index (κ3) is 2.78. The van der Waals surface area contributed by atoms with Crippen molar-refractivity contribution in [1.82, 2.24) is 10.3 Å². The molecule has 0 saturated carbocycles. The van der Waals surface area contributed by atoms with Gasteiger partial charge in [-0.05, 0) is 12.1 Å². The molecule has 5 nitrogen and oxygen atoms in total. The van der Waals surface area contributed by atoms with Gasteiger partial charge in [0.05, 0.1) is 6.54 Å². The molecule has 3 N–H and O–H groups in total. The van der Waals surface area contributed by atoms with Crippen LogP contribution in [0, 0.1) is 0 Å². The van der Waals surface area contributed by atoms with Crippen LogP contribution in [0.25, 0.3) is 0 Å². The summed E-state index contributed by atoms with van der Waals surface area (Å²) in [5.41, 5.74) is 2.05. The maximum absolute atomic E-state index is 11.2. The zero-order valence-electron chi connectivity index (χ0n) is 8.94. The Morgan fingerprint density at radius 3 is 2.94 bits per heavy atom. The number of hydrogen-bond acceptors (Lipinski definition) is 5.